The van der Waals surface area contributed by atoms with Crippen LogP contribution >= 0.6 is 0 Å². The standard InChI is InChI=1S/C16H21F3N6/c1-2-25-12-13(10-20-25)11-23-6-3-7-24(9-8-23)15-5-4-14(21-22-15)16(17,18)19/h4-5,10,12H,2-3,6-9,11H2,1H3. The fourth-order valence-electron chi connectivity index (χ4n) is 2.92. The molecular formula is C16H21F3N6. The molecule has 0 radical (unpaired) electrons. The van der Waals surface area contributed by atoms with Gasteiger partial charge in [0.25, 0.3) is 0 Å². The molecule has 1 aliphatic heterocycles. The van der Waals surface area contributed by atoms with Crippen molar-refractivity contribution in [3.8, 4) is 0 Å². The minimum atomic E-state index is -4.45. The van der Waals surface area contributed by atoms with Crippen LogP contribution in [0, 0.1) is 0 Å². The Bertz CT molecular complexity index is 682. The molecule has 0 saturated carbocycles. The van der Waals surface area contributed by atoms with Gasteiger partial charge in [0, 0.05) is 51.0 Å². The Morgan fingerprint density at radius 3 is 2.56 bits per heavy atom. The maximum absolute atomic E-state index is 12.6. The summed E-state index contributed by atoms with van der Waals surface area (Å²) in [5, 5.41) is 11.4. The zero-order chi connectivity index (χ0) is 17.9. The molecule has 3 heterocycles. The Morgan fingerprint density at radius 1 is 1.08 bits per heavy atom. The summed E-state index contributed by atoms with van der Waals surface area (Å²) in [5.41, 5.74) is 0.213. The van der Waals surface area contributed by atoms with Crippen LogP contribution in [0.3, 0.4) is 0 Å². The summed E-state index contributed by atoms with van der Waals surface area (Å²) in [6.07, 6.45) is 0.395. The van der Waals surface area contributed by atoms with Crippen LogP contribution < -0.4 is 4.90 Å². The van der Waals surface area contributed by atoms with E-state index in [2.05, 4.69) is 20.2 Å². The lowest BCUT2D eigenvalue weighted by atomic mass is 10.3. The second-order valence-electron chi connectivity index (χ2n) is 6.10. The van der Waals surface area contributed by atoms with E-state index >= 15 is 0 Å². The van der Waals surface area contributed by atoms with Crippen molar-refractivity contribution in [1.29, 1.82) is 0 Å². The monoisotopic (exact) mass is 354 g/mol. The number of rotatable bonds is 4. The lowest BCUT2D eigenvalue weighted by molar-refractivity contribution is -0.141. The summed E-state index contributed by atoms with van der Waals surface area (Å²) in [7, 11) is 0. The number of aryl methyl sites for hydroxylation is 1. The molecule has 6 nitrogen and oxygen atoms in total. The summed E-state index contributed by atoms with van der Waals surface area (Å²) in [6, 6.07) is 2.39. The highest BCUT2D eigenvalue weighted by atomic mass is 19.4. The number of nitrogens with zero attached hydrogens (tertiary/aromatic N) is 6. The maximum atomic E-state index is 12.6. The highest BCUT2D eigenvalue weighted by molar-refractivity contribution is 5.37. The summed E-state index contributed by atoms with van der Waals surface area (Å²) in [4.78, 5) is 4.32. The fourth-order valence-corrected chi connectivity index (χ4v) is 2.92. The van der Waals surface area contributed by atoms with E-state index in [0.717, 1.165) is 45.2 Å². The second-order valence-corrected chi connectivity index (χ2v) is 6.10. The molecule has 0 amide bonds. The van der Waals surface area contributed by atoms with Crippen LogP contribution in [-0.4, -0.2) is 51.1 Å². The molecule has 2 aromatic rings. The first kappa shape index (κ1) is 17.7. The molecule has 2 aromatic heterocycles. The normalized spacial score (nSPS) is 16.9. The molecule has 1 aliphatic rings. The van der Waals surface area contributed by atoms with Crippen molar-refractivity contribution >= 4 is 5.82 Å². The smallest absolute Gasteiger partial charge is 0.354 e. The average Bonchev–Trinajstić information content (AvgIpc) is 2.91. The molecule has 136 valence electrons. The Balaban J connectivity index is 1.59. The van der Waals surface area contributed by atoms with Crippen molar-refractivity contribution in [2.45, 2.75) is 32.6 Å². The van der Waals surface area contributed by atoms with Gasteiger partial charge in [-0.2, -0.15) is 18.3 Å². The highest BCUT2D eigenvalue weighted by Gasteiger charge is 2.33. The van der Waals surface area contributed by atoms with Gasteiger partial charge in [0.05, 0.1) is 6.20 Å². The Hall–Kier alpha value is -2.16. The highest BCUT2D eigenvalue weighted by Crippen LogP contribution is 2.27. The first-order chi connectivity index (χ1) is 12.0. The van der Waals surface area contributed by atoms with Gasteiger partial charge < -0.3 is 4.90 Å². The summed E-state index contributed by atoms with van der Waals surface area (Å²) < 4.78 is 39.6. The average molecular weight is 354 g/mol. The van der Waals surface area contributed by atoms with Crippen molar-refractivity contribution in [2.75, 3.05) is 31.1 Å². The number of alkyl halides is 3. The summed E-state index contributed by atoms with van der Waals surface area (Å²) in [6.45, 7) is 6.94. The first-order valence-corrected chi connectivity index (χ1v) is 8.35. The molecule has 0 aliphatic carbocycles. The van der Waals surface area contributed by atoms with E-state index < -0.39 is 11.9 Å². The zero-order valence-corrected chi connectivity index (χ0v) is 14.1. The first-order valence-electron chi connectivity index (χ1n) is 8.35. The van der Waals surface area contributed by atoms with Gasteiger partial charge in [0.15, 0.2) is 11.5 Å². The van der Waals surface area contributed by atoms with E-state index in [-0.39, 0.29) is 0 Å². The van der Waals surface area contributed by atoms with Crippen LogP contribution in [0.5, 0.6) is 0 Å². The van der Waals surface area contributed by atoms with Crippen molar-refractivity contribution in [3.63, 3.8) is 0 Å². The third-order valence-electron chi connectivity index (χ3n) is 4.27. The Labute approximate surface area is 144 Å². The van der Waals surface area contributed by atoms with Crippen molar-refractivity contribution in [1.82, 2.24) is 24.9 Å². The molecule has 0 atom stereocenters. The topological polar surface area (TPSA) is 50.1 Å². The van der Waals surface area contributed by atoms with Crippen LogP contribution in [0.4, 0.5) is 19.0 Å². The molecule has 0 N–H and O–H groups in total. The lowest BCUT2D eigenvalue weighted by Crippen LogP contribution is -2.31. The Kier molecular flexibility index (Phi) is 5.22. The van der Waals surface area contributed by atoms with Gasteiger partial charge in [-0.15, -0.1) is 10.2 Å². The Morgan fingerprint density at radius 2 is 1.92 bits per heavy atom. The van der Waals surface area contributed by atoms with E-state index in [1.165, 1.54) is 11.6 Å². The SMILES string of the molecule is CCn1cc(CN2CCCN(c3ccc(C(F)(F)F)nn3)CC2)cn1. The minimum Gasteiger partial charge on any atom is -0.354 e. The molecule has 1 fully saturated rings. The van der Waals surface area contributed by atoms with E-state index in [9.17, 15) is 13.2 Å². The molecule has 0 aromatic carbocycles. The number of halogens is 3. The second kappa shape index (κ2) is 7.38. The fraction of sp³-hybridized carbons (Fsp3) is 0.562. The van der Waals surface area contributed by atoms with Gasteiger partial charge in [-0.1, -0.05) is 0 Å². The quantitative estimate of drug-likeness (QED) is 0.844. The van der Waals surface area contributed by atoms with Gasteiger partial charge >= 0.3 is 6.18 Å². The molecular weight excluding hydrogens is 333 g/mol. The van der Waals surface area contributed by atoms with Crippen molar-refractivity contribution in [3.05, 3.63) is 35.8 Å². The largest absolute Gasteiger partial charge is 0.435 e. The summed E-state index contributed by atoms with van der Waals surface area (Å²) in [5.74, 6) is 0.494. The van der Waals surface area contributed by atoms with Crippen LogP contribution in [0.1, 0.15) is 24.6 Å². The van der Waals surface area contributed by atoms with E-state index in [4.69, 9.17) is 0 Å². The molecule has 0 spiro atoms. The van der Waals surface area contributed by atoms with Crippen LogP contribution in [0.25, 0.3) is 0 Å². The number of anilines is 1. The number of hydrogen-bond donors (Lipinski definition) is 0. The van der Waals surface area contributed by atoms with Crippen LogP contribution in [-0.2, 0) is 19.3 Å². The van der Waals surface area contributed by atoms with Gasteiger partial charge in [0.2, 0.25) is 0 Å². The zero-order valence-electron chi connectivity index (χ0n) is 14.1. The van der Waals surface area contributed by atoms with E-state index in [1.54, 1.807) is 0 Å². The molecule has 0 unspecified atom stereocenters. The van der Waals surface area contributed by atoms with Crippen molar-refractivity contribution < 1.29 is 13.2 Å². The van der Waals surface area contributed by atoms with Gasteiger partial charge in [0.1, 0.15) is 0 Å². The van der Waals surface area contributed by atoms with Gasteiger partial charge in [-0.05, 0) is 25.5 Å². The molecule has 0 bridgehead atoms. The summed E-state index contributed by atoms with van der Waals surface area (Å²) >= 11 is 0. The van der Waals surface area contributed by atoms with Gasteiger partial charge in [-0.3, -0.25) is 9.58 Å². The van der Waals surface area contributed by atoms with E-state index in [1.807, 2.05) is 28.9 Å². The van der Waals surface area contributed by atoms with Crippen LogP contribution in [0.15, 0.2) is 24.5 Å². The van der Waals surface area contributed by atoms with Gasteiger partial charge in [-0.25, -0.2) is 0 Å². The van der Waals surface area contributed by atoms with Crippen LogP contribution in [0.2, 0.25) is 0 Å². The van der Waals surface area contributed by atoms with Crippen molar-refractivity contribution in [2.24, 2.45) is 0 Å². The third-order valence-corrected chi connectivity index (χ3v) is 4.27. The maximum Gasteiger partial charge on any atom is 0.435 e. The minimum absolute atomic E-state index is 0.494. The predicted octanol–water partition coefficient (Wildman–Crippen LogP) is 2.42. The number of aromatic nitrogens is 4. The third kappa shape index (κ3) is 4.47. The molecule has 3 rings (SSSR count). The molecule has 1 saturated heterocycles. The predicted molar refractivity (Wildman–Crippen MR) is 87.0 cm³/mol. The van der Waals surface area contributed by atoms with E-state index in [0.29, 0.717) is 12.4 Å². The number of hydrogen-bond acceptors (Lipinski definition) is 5. The molecule has 25 heavy (non-hydrogen) atoms. The lowest BCUT2D eigenvalue weighted by Gasteiger charge is -2.22. The molecule has 9 heteroatoms.